The quantitative estimate of drug-likeness (QED) is 0.408. The number of alkyl halides is 3. The Bertz CT molecular complexity index is 545. The van der Waals surface area contributed by atoms with E-state index in [0.717, 1.165) is 0 Å². The van der Waals surface area contributed by atoms with Crippen LogP contribution in [-0.2, 0) is 0 Å². The first-order chi connectivity index (χ1) is 8.55. The molecule has 0 fully saturated rings. The van der Waals surface area contributed by atoms with Crippen LogP contribution in [0.25, 0.3) is 0 Å². The summed E-state index contributed by atoms with van der Waals surface area (Å²) in [5, 5.41) is -5.31. The van der Waals surface area contributed by atoms with Gasteiger partial charge in [0.1, 0.15) is 0 Å². The van der Waals surface area contributed by atoms with Crippen molar-refractivity contribution in [1.29, 1.82) is 0 Å². The minimum atomic E-state index is -9.93. The lowest BCUT2D eigenvalue weighted by Crippen LogP contribution is -2.43. The summed E-state index contributed by atoms with van der Waals surface area (Å²) in [7, 11) is -9.93. The Morgan fingerprint density at radius 3 is 1.75 bits per heavy atom. The Balaban J connectivity index is 3.80. The van der Waals surface area contributed by atoms with Crippen LogP contribution in [0.2, 0.25) is 0 Å². The van der Waals surface area contributed by atoms with E-state index in [9.17, 15) is 28.7 Å². The SMILES string of the molecule is CC(F)(C(F)F)S(F)(F)(F)(F)c1cc(Br)c(N)c(Br)c1. The van der Waals surface area contributed by atoms with Crippen LogP contribution in [0.1, 0.15) is 6.92 Å². The summed E-state index contributed by atoms with van der Waals surface area (Å²) in [6, 6.07) is 0.281. The van der Waals surface area contributed by atoms with E-state index in [1.54, 1.807) is 0 Å². The van der Waals surface area contributed by atoms with Crippen LogP contribution < -0.4 is 5.73 Å². The molecule has 1 aromatic rings. The molecule has 0 amide bonds. The zero-order valence-corrected chi connectivity index (χ0v) is 13.6. The molecule has 0 spiro atoms. The average Bonchev–Trinajstić information content (AvgIpc) is 2.23. The van der Waals surface area contributed by atoms with Crippen molar-refractivity contribution in [2.24, 2.45) is 0 Å². The van der Waals surface area contributed by atoms with E-state index in [4.69, 9.17) is 5.73 Å². The molecule has 11 heteroatoms. The monoisotopic (exact) mass is 453 g/mol. The summed E-state index contributed by atoms with van der Waals surface area (Å²) >= 11 is 5.26. The van der Waals surface area contributed by atoms with Crippen LogP contribution in [0, 0.1) is 0 Å². The number of hydrogen-bond acceptors (Lipinski definition) is 1. The highest BCUT2D eigenvalue weighted by Gasteiger charge is 2.82. The molecule has 0 radical (unpaired) electrons. The van der Waals surface area contributed by atoms with Gasteiger partial charge in [0.25, 0.3) is 11.4 Å². The molecule has 2 N–H and O–H groups in total. The van der Waals surface area contributed by atoms with Crippen molar-refractivity contribution in [2.75, 3.05) is 5.73 Å². The average molecular weight is 455 g/mol. The minimum Gasteiger partial charge on any atom is -0.397 e. The number of anilines is 1. The highest BCUT2D eigenvalue weighted by molar-refractivity contribution is 9.11. The summed E-state index contributed by atoms with van der Waals surface area (Å²) in [5.41, 5.74) is 5.13. The molecule has 0 saturated heterocycles. The largest absolute Gasteiger partial charge is 0.397 e. The van der Waals surface area contributed by atoms with Crippen LogP contribution in [0.5, 0.6) is 0 Å². The third-order valence-electron chi connectivity index (χ3n) is 2.72. The number of hydrogen-bond donors (Lipinski definition) is 1. The predicted molar refractivity (Wildman–Crippen MR) is 72.1 cm³/mol. The van der Waals surface area contributed by atoms with Gasteiger partial charge < -0.3 is 5.73 Å². The Kier molecular flexibility index (Phi) is 3.75. The van der Waals surface area contributed by atoms with Crippen LogP contribution in [-0.4, -0.2) is 11.4 Å². The minimum absolute atomic E-state index is 0.141. The van der Waals surface area contributed by atoms with Crippen molar-refractivity contribution in [1.82, 2.24) is 0 Å². The van der Waals surface area contributed by atoms with E-state index in [0.29, 0.717) is 0 Å². The lowest BCUT2D eigenvalue weighted by atomic mass is 10.3. The summed E-state index contributed by atoms with van der Waals surface area (Å²) in [4.78, 5) is -2.14. The van der Waals surface area contributed by atoms with Crippen molar-refractivity contribution < 1.29 is 28.7 Å². The van der Waals surface area contributed by atoms with Gasteiger partial charge in [0.2, 0.25) is 9.84 Å². The Hall–Kier alpha value is -0.160. The Morgan fingerprint density at radius 1 is 1.10 bits per heavy atom. The third-order valence-corrected chi connectivity index (χ3v) is 7.00. The van der Waals surface area contributed by atoms with Gasteiger partial charge in [-0.15, -0.1) is 15.5 Å². The molecule has 1 rings (SSSR count). The summed E-state index contributed by atoms with van der Waals surface area (Å²) in [6.07, 6.45) is -4.58. The molecule has 1 atom stereocenters. The molecule has 0 saturated carbocycles. The highest BCUT2D eigenvalue weighted by Crippen LogP contribution is 3.06. The molecule has 1 nitrogen and oxygen atoms in total. The maximum Gasteiger partial charge on any atom is 0.287 e. The molecular formula is C9H8Br2F7NS. The molecule has 0 aliphatic rings. The fraction of sp³-hybridized carbons (Fsp3) is 0.333. The standard InChI is InChI=1S/C9H8Br2F7NS/c1-9(14,8(12)13)20(15,16,17,18)4-2-5(10)7(19)6(11)3-4/h2-3,8H,19H2,1H3. The number of rotatable bonds is 3. The molecule has 0 heterocycles. The van der Waals surface area contributed by atoms with E-state index in [-0.39, 0.29) is 17.8 Å². The summed E-state index contributed by atoms with van der Waals surface area (Å²) < 4.78 is 93.2. The fourth-order valence-corrected chi connectivity index (χ4v) is 4.23. The fourth-order valence-electron chi connectivity index (χ4n) is 1.21. The molecule has 0 aliphatic heterocycles. The smallest absolute Gasteiger partial charge is 0.287 e. The van der Waals surface area contributed by atoms with Crippen LogP contribution in [0.4, 0.5) is 34.4 Å². The second-order valence-electron chi connectivity index (χ2n) is 4.16. The van der Waals surface area contributed by atoms with Gasteiger partial charge in [0.05, 0.1) is 10.6 Å². The van der Waals surface area contributed by atoms with Crippen LogP contribution in [0.15, 0.2) is 26.0 Å². The lowest BCUT2D eigenvalue weighted by molar-refractivity contribution is 0.0132. The van der Waals surface area contributed by atoms with Crippen molar-refractivity contribution in [2.45, 2.75) is 23.2 Å². The zero-order chi connectivity index (χ0) is 16.2. The van der Waals surface area contributed by atoms with E-state index in [1.807, 2.05) is 0 Å². The molecule has 118 valence electrons. The number of nitrogens with two attached hydrogens (primary N) is 1. The molecule has 1 unspecified atom stereocenters. The van der Waals surface area contributed by atoms with Gasteiger partial charge in [-0.25, -0.2) is 13.2 Å². The first-order valence-electron chi connectivity index (χ1n) is 4.76. The predicted octanol–water partition coefficient (Wildman–Crippen LogP) is 6.52. The first-order valence-corrected chi connectivity index (χ1v) is 8.40. The molecule has 20 heavy (non-hydrogen) atoms. The number of nitrogen functional groups attached to an aromatic ring is 1. The Labute approximate surface area is 126 Å². The maximum absolute atomic E-state index is 13.9. The topological polar surface area (TPSA) is 26.0 Å². The van der Waals surface area contributed by atoms with Crippen LogP contribution in [0.3, 0.4) is 0 Å². The first kappa shape index (κ1) is 17.9. The zero-order valence-electron chi connectivity index (χ0n) is 9.62. The molecular weight excluding hydrogens is 447 g/mol. The van der Waals surface area contributed by atoms with Gasteiger partial charge >= 0.3 is 0 Å². The van der Waals surface area contributed by atoms with E-state index in [1.165, 1.54) is 0 Å². The van der Waals surface area contributed by atoms with E-state index >= 15 is 0 Å². The van der Waals surface area contributed by atoms with Crippen molar-refractivity contribution in [3.05, 3.63) is 21.1 Å². The van der Waals surface area contributed by atoms with Crippen molar-refractivity contribution in [3.8, 4) is 0 Å². The van der Waals surface area contributed by atoms with Gasteiger partial charge in [-0.1, -0.05) is 0 Å². The van der Waals surface area contributed by atoms with E-state index < -0.39 is 42.0 Å². The number of halogens is 9. The van der Waals surface area contributed by atoms with E-state index in [2.05, 4.69) is 31.9 Å². The lowest BCUT2D eigenvalue weighted by Gasteiger charge is -2.56. The maximum atomic E-state index is 13.9. The van der Waals surface area contributed by atoms with Gasteiger partial charge in [0, 0.05) is 8.95 Å². The van der Waals surface area contributed by atoms with Crippen LogP contribution >= 0.6 is 41.7 Å². The van der Waals surface area contributed by atoms with Gasteiger partial charge in [0.15, 0.2) is 0 Å². The van der Waals surface area contributed by atoms with Gasteiger partial charge in [-0.3, -0.25) is 0 Å². The summed E-state index contributed by atoms with van der Waals surface area (Å²) in [6.45, 7) is -0.516. The molecule has 0 aliphatic carbocycles. The van der Waals surface area contributed by atoms with Gasteiger partial charge in [-0.05, 0) is 50.9 Å². The summed E-state index contributed by atoms with van der Waals surface area (Å²) in [5.74, 6) is 0. The molecule has 0 aromatic heterocycles. The normalized spacial score (nSPS) is 19.4. The van der Waals surface area contributed by atoms with Crippen molar-refractivity contribution in [3.63, 3.8) is 0 Å². The second-order valence-corrected chi connectivity index (χ2v) is 9.27. The van der Waals surface area contributed by atoms with Gasteiger partial charge in [-0.2, -0.15) is 0 Å². The molecule has 0 bridgehead atoms. The Morgan fingerprint density at radius 2 is 1.45 bits per heavy atom. The second kappa shape index (κ2) is 4.19. The number of benzene rings is 1. The highest BCUT2D eigenvalue weighted by atomic mass is 79.9. The molecule has 1 aromatic carbocycles. The third kappa shape index (κ3) is 2.31. The van der Waals surface area contributed by atoms with Crippen molar-refractivity contribution >= 4 is 47.4 Å².